The maximum Gasteiger partial charge on any atom is 0.338 e. The molecular formula is C47H53NO14. The summed E-state index contributed by atoms with van der Waals surface area (Å²) in [5.41, 5.74) is -6.46. The lowest BCUT2D eigenvalue weighted by Crippen LogP contribution is -2.82. The Bertz CT molecular complexity index is 2230. The number of rotatable bonds is 10. The Kier molecular flexibility index (Phi) is 12.0. The Morgan fingerprint density at radius 2 is 1.39 bits per heavy atom. The molecular weight excluding hydrogens is 803 g/mol. The average Bonchev–Trinajstić information content (AvgIpc) is 3.24. The third-order valence-corrected chi connectivity index (χ3v) is 13.7. The molecule has 15 nitrogen and oxygen atoms in total. The van der Waals surface area contributed by atoms with Crippen molar-refractivity contribution in [3.63, 3.8) is 0 Å². The zero-order chi connectivity index (χ0) is 44.9. The van der Waals surface area contributed by atoms with Crippen LogP contribution in [-0.4, -0.2) is 111 Å². The zero-order valence-electron chi connectivity index (χ0n) is 35.3. The van der Waals surface area contributed by atoms with Gasteiger partial charge in [-0.2, -0.15) is 0 Å². The van der Waals surface area contributed by atoms with Crippen molar-refractivity contribution in [3.8, 4) is 0 Å². The van der Waals surface area contributed by atoms with Gasteiger partial charge in [-0.1, -0.05) is 87.5 Å². The van der Waals surface area contributed by atoms with E-state index in [4.69, 9.17) is 23.7 Å². The Labute approximate surface area is 359 Å². The molecule has 1 saturated heterocycles. The van der Waals surface area contributed by atoms with Crippen LogP contribution in [0.3, 0.4) is 0 Å². The van der Waals surface area contributed by atoms with Crippen molar-refractivity contribution in [1.82, 2.24) is 5.32 Å². The SMILES string of the molecule is CC(=O)O[C@@H]1C2=C(C)[C@@H](OC(=O)[C@H](O)[C@H](NC(=O)c3ccccc3)c3ccccc3)C[C@@](O)([C@H](OC(=O)c3ccccc3)[C@@H]3[C@]4(OC(C)=O)CO[C@@H]4C[C@H](O)[C@@]3(C)[C@@H]1O)C2(C)C. The summed E-state index contributed by atoms with van der Waals surface area (Å²) in [5, 5.41) is 53.2. The quantitative estimate of drug-likeness (QED) is 0.112. The summed E-state index contributed by atoms with van der Waals surface area (Å²) in [6.45, 7) is 8.30. The van der Waals surface area contributed by atoms with Crippen LogP contribution in [0.25, 0.3) is 0 Å². The van der Waals surface area contributed by atoms with Crippen LogP contribution in [0.4, 0.5) is 0 Å². The Morgan fingerprint density at radius 3 is 1.94 bits per heavy atom. The minimum atomic E-state index is -2.35. The fourth-order valence-electron chi connectivity index (χ4n) is 10.4. The maximum atomic E-state index is 14.3. The highest BCUT2D eigenvalue weighted by Crippen LogP contribution is 2.65. The lowest BCUT2D eigenvalue weighted by molar-refractivity contribution is -0.365. The molecule has 12 atom stereocenters. The van der Waals surface area contributed by atoms with Crippen molar-refractivity contribution < 1.29 is 68.1 Å². The molecule has 7 rings (SSSR count). The largest absolute Gasteiger partial charge is 0.456 e. The van der Waals surface area contributed by atoms with Gasteiger partial charge in [-0.3, -0.25) is 14.4 Å². The first kappa shape index (κ1) is 44.6. The predicted octanol–water partition coefficient (Wildman–Crippen LogP) is 3.53. The van der Waals surface area contributed by atoms with Crippen molar-refractivity contribution in [2.45, 2.75) is 114 Å². The Balaban J connectivity index is 1.38. The van der Waals surface area contributed by atoms with Crippen LogP contribution in [0.5, 0.6) is 0 Å². The second-order valence-corrected chi connectivity index (χ2v) is 17.6. The molecule has 3 aromatic rings. The maximum absolute atomic E-state index is 14.3. The lowest BCUT2D eigenvalue weighted by atomic mass is 9.44. The van der Waals surface area contributed by atoms with Crippen LogP contribution in [0.1, 0.15) is 86.7 Å². The smallest absolute Gasteiger partial charge is 0.338 e. The van der Waals surface area contributed by atoms with Crippen molar-refractivity contribution >= 4 is 29.8 Å². The van der Waals surface area contributed by atoms with Crippen LogP contribution in [-0.2, 0) is 38.1 Å². The van der Waals surface area contributed by atoms with Crippen LogP contribution < -0.4 is 5.32 Å². The zero-order valence-corrected chi connectivity index (χ0v) is 35.3. The van der Waals surface area contributed by atoms with Gasteiger partial charge in [0.05, 0.1) is 30.2 Å². The summed E-state index contributed by atoms with van der Waals surface area (Å²) in [6.07, 6.45) is -11.8. The Hall–Kier alpha value is -5.45. The van der Waals surface area contributed by atoms with E-state index in [-0.39, 0.29) is 35.3 Å². The summed E-state index contributed by atoms with van der Waals surface area (Å²) in [7, 11) is 0. The van der Waals surface area contributed by atoms with Gasteiger partial charge in [0.15, 0.2) is 17.8 Å². The predicted molar refractivity (Wildman–Crippen MR) is 219 cm³/mol. The molecule has 15 heteroatoms. The van der Waals surface area contributed by atoms with Crippen molar-refractivity contribution in [1.29, 1.82) is 0 Å². The van der Waals surface area contributed by atoms with Gasteiger partial charge >= 0.3 is 23.9 Å². The molecule has 1 heterocycles. The number of carbonyl (C=O) groups excluding carboxylic acids is 5. The number of esters is 4. The molecule has 3 aromatic carbocycles. The van der Waals surface area contributed by atoms with Gasteiger partial charge in [-0.05, 0) is 47.9 Å². The molecule has 330 valence electrons. The number of ether oxygens (including phenoxy) is 5. The molecule has 2 saturated carbocycles. The molecule has 0 radical (unpaired) electrons. The van der Waals surface area contributed by atoms with Gasteiger partial charge in [-0.15, -0.1) is 0 Å². The summed E-state index contributed by atoms with van der Waals surface area (Å²) in [6, 6.07) is 23.1. The highest BCUT2D eigenvalue weighted by atomic mass is 16.6. The number of aliphatic hydroxyl groups is 4. The van der Waals surface area contributed by atoms with E-state index >= 15 is 0 Å². The number of hydrogen-bond donors (Lipinski definition) is 5. The van der Waals surface area contributed by atoms with Gasteiger partial charge in [0, 0.05) is 43.1 Å². The monoisotopic (exact) mass is 855 g/mol. The van der Waals surface area contributed by atoms with Gasteiger partial charge < -0.3 is 49.4 Å². The number of carbonyl (C=O) groups is 5. The van der Waals surface area contributed by atoms with E-state index in [1.807, 2.05) is 0 Å². The second kappa shape index (κ2) is 16.7. The minimum Gasteiger partial charge on any atom is -0.456 e. The van der Waals surface area contributed by atoms with E-state index in [0.29, 0.717) is 5.56 Å². The number of benzene rings is 3. The molecule has 1 amide bonds. The van der Waals surface area contributed by atoms with Gasteiger partial charge in [0.2, 0.25) is 0 Å². The molecule has 2 bridgehead atoms. The highest BCUT2D eigenvalue weighted by molar-refractivity contribution is 5.95. The summed E-state index contributed by atoms with van der Waals surface area (Å²) in [5.74, 6) is -5.73. The number of amides is 1. The molecule has 3 fully saturated rings. The fraction of sp³-hybridized carbons (Fsp3) is 0.468. The van der Waals surface area contributed by atoms with Crippen LogP contribution >= 0.6 is 0 Å². The second-order valence-electron chi connectivity index (χ2n) is 17.6. The topological polar surface area (TPSA) is 224 Å². The minimum absolute atomic E-state index is 0.0914. The number of nitrogens with one attached hydrogen (secondary N) is 1. The van der Waals surface area contributed by atoms with Gasteiger partial charge in [-0.25, -0.2) is 9.59 Å². The average molecular weight is 856 g/mol. The van der Waals surface area contributed by atoms with E-state index in [0.717, 1.165) is 6.92 Å². The fourth-order valence-corrected chi connectivity index (χ4v) is 10.4. The van der Waals surface area contributed by atoms with E-state index in [9.17, 15) is 44.4 Å². The summed E-state index contributed by atoms with van der Waals surface area (Å²) >= 11 is 0. The number of fused-ring (bicyclic) bond motifs is 5. The normalized spacial score (nSPS) is 33.0. The molecule has 4 aliphatic rings. The van der Waals surface area contributed by atoms with Gasteiger partial charge in [0.1, 0.15) is 30.0 Å². The first-order valence-electron chi connectivity index (χ1n) is 20.6. The molecule has 3 aliphatic carbocycles. The van der Waals surface area contributed by atoms with E-state index in [1.165, 1.54) is 26.0 Å². The first-order chi connectivity index (χ1) is 29.3. The van der Waals surface area contributed by atoms with Crippen LogP contribution in [0.15, 0.2) is 102 Å². The van der Waals surface area contributed by atoms with Crippen molar-refractivity contribution in [2.75, 3.05) is 6.61 Å². The molecule has 62 heavy (non-hydrogen) atoms. The lowest BCUT2D eigenvalue weighted by Gasteiger charge is -2.69. The van der Waals surface area contributed by atoms with Crippen molar-refractivity contribution in [2.24, 2.45) is 16.7 Å². The number of hydrogen-bond acceptors (Lipinski definition) is 14. The number of aliphatic hydroxyl groups excluding tert-OH is 3. The first-order valence-corrected chi connectivity index (χ1v) is 20.6. The highest BCUT2D eigenvalue weighted by Gasteiger charge is 2.78. The Morgan fingerprint density at radius 1 is 0.806 bits per heavy atom. The third-order valence-electron chi connectivity index (χ3n) is 13.7. The van der Waals surface area contributed by atoms with Crippen molar-refractivity contribution in [3.05, 3.63) is 119 Å². The van der Waals surface area contributed by atoms with Crippen LogP contribution in [0.2, 0.25) is 0 Å². The van der Waals surface area contributed by atoms with E-state index < -0.39 is 113 Å². The molecule has 5 N–H and O–H groups in total. The summed E-state index contributed by atoms with van der Waals surface area (Å²) in [4.78, 5) is 68.1. The molecule has 0 unspecified atom stereocenters. The van der Waals surface area contributed by atoms with E-state index in [2.05, 4.69) is 5.32 Å². The van der Waals surface area contributed by atoms with Gasteiger partial charge in [0.25, 0.3) is 5.91 Å². The molecule has 0 aromatic heterocycles. The molecule has 1 aliphatic heterocycles. The third kappa shape index (κ3) is 7.38. The standard InChI is InChI=1S/C47H53NO14/c1-25-31(60-43(56)36(52)35(28-16-10-7-11-17-28)48-41(54)29-18-12-8-13-19-29)23-47(57)40(61-42(55)30-20-14-9-15-21-30)38-45(6,32(51)22-33-46(38,24-58-33)62-27(3)50)39(53)37(59-26(2)49)34(25)44(47,4)5/h7-21,31-33,35-40,51-53,57H,22-24H2,1-6H3,(H,48,54)/t31-,32-,33+,35+,36+,37+,38-,39+,40+,45+,46-,47+/m0/s1. The molecule has 0 spiro atoms. The van der Waals surface area contributed by atoms with Crippen LogP contribution in [0, 0.1) is 16.7 Å². The van der Waals surface area contributed by atoms with E-state index in [1.54, 1.807) is 99.6 Å². The summed E-state index contributed by atoms with van der Waals surface area (Å²) < 4.78 is 30.5.